The van der Waals surface area contributed by atoms with Crippen LogP contribution in [0.3, 0.4) is 0 Å². The lowest BCUT2D eigenvalue weighted by Crippen LogP contribution is -2.10. The number of fused-ring (bicyclic) bond motifs is 9. The van der Waals surface area contributed by atoms with Crippen molar-refractivity contribution in [2.75, 3.05) is 4.90 Å². The summed E-state index contributed by atoms with van der Waals surface area (Å²) in [5.74, 6) is 0. The molecule has 0 fully saturated rings. The SMILES string of the molecule is c1ccc(-c2cccc3c2oc2c(N(c4ccc(-c5ccc6cc(-c7ccc8ccccc8c7)ccc6c5)cc4)c4ccc5c(-c6ccc7ccccc7c6)cccc5c4)cc4ccccc4c23)cc1. The highest BCUT2D eigenvalue weighted by Gasteiger charge is 2.24. The minimum absolute atomic E-state index is 0.851. The van der Waals surface area contributed by atoms with Gasteiger partial charge in [0.15, 0.2) is 5.58 Å². The van der Waals surface area contributed by atoms with Crippen LogP contribution in [0.25, 0.3) is 120 Å². The zero-order valence-electron chi connectivity index (χ0n) is 38.2. The number of benzene rings is 13. The van der Waals surface area contributed by atoms with Crippen LogP contribution in [0.1, 0.15) is 0 Å². The zero-order chi connectivity index (χ0) is 46.1. The molecule has 0 radical (unpaired) electrons. The van der Waals surface area contributed by atoms with Crippen LogP contribution in [0.5, 0.6) is 0 Å². The molecule has 0 spiro atoms. The van der Waals surface area contributed by atoms with Crippen molar-refractivity contribution < 1.29 is 4.42 Å². The van der Waals surface area contributed by atoms with Crippen molar-refractivity contribution >= 4 is 92.9 Å². The molecule has 0 saturated carbocycles. The maximum atomic E-state index is 7.25. The maximum Gasteiger partial charge on any atom is 0.160 e. The van der Waals surface area contributed by atoms with Gasteiger partial charge in [-0.25, -0.2) is 0 Å². The molecule has 0 amide bonds. The molecule has 0 unspecified atom stereocenters. The van der Waals surface area contributed by atoms with Gasteiger partial charge in [0.2, 0.25) is 0 Å². The Morgan fingerprint density at radius 3 is 1.44 bits per heavy atom. The van der Waals surface area contributed by atoms with Crippen LogP contribution in [0.4, 0.5) is 17.1 Å². The first-order valence-electron chi connectivity index (χ1n) is 24.0. The van der Waals surface area contributed by atoms with Gasteiger partial charge in [-0.15, -0.1) is 0 Å². The third-order valence-corrected chi connectivity index (χ3v) is 14.4. The van der Waals surface area contributed by atoms with Crippen LogP contribution < -0.4 is 4.90 Å². The Morgan fingerprint density at radius 1 is 0.243 bits per heavy atom. The van der Waals surface area contributed by atoms with E-state index in [2.05, 4.69) is 266 Å². The molecule has 0 aliphatic rings. The van der Waals surface area contributed by atoms with E-state index < -0.39 is 0 Å². The fourth-order valence-electron chi connectivity index (χ4n) is 10.9. The van der Waals surface area contributed by atoms with E-state index in [-0.39, 0.29) is 0 Å². The van der Waals surface area contributed by atoms with Crippen molar-refractivity contribution in [1.82, 2.24) is 0 Å². The molecule has 326 valence electrons. The predicted molar refractivity (Wildman–Crippen MR) is 298 cm³/mol. The minimum Gasteiger partial charge on any atom is -0.453 e. The highest BCUT2D eigenvalue weighted by Crippen LogP contribution is 2.48. The van der Waals surface area contributed by atoms with E-state index in [1.165, 1.54) is 70.9 Å². The van der Waals surface area contributed by atoms with Crippen molar-refractivity contribution in [2.45, 2.75) is 0 Å². The van der Waals surface area contributed by atoms with E-state index in [0.29, 0.717) is 0 Å². The van der Waals surface area contributed by atoms with Crippen LogP contribution in [0, 0.1) is 0 Å². The summed E-state index contributed by atoms with van der Waals surface area (Å²) < 4.78 is 7.25. The first kappa shape index (κ1) is 39.9. The second-order valence-corrected chi connectivity index (χ2v) is 18.5. The third-order valence-electron chi connectivity index (χ3n) is 14.4. The summed E-state index contributed by atoms with van der Waals surface area (Å²) in [4.78, 5) is 2.39. The Bertz CT molecular complexity index is 4350. The van der Waals surface area contributed by atoms with Gasteiger partial charge in [-0.2, -0.15) is 0 Å². The second-order valence-electron chi connectivity index (χ2n) is 18.5. The summed E-state index contributed by atoms with van der Waals surface area (Å²) in [6.45, 7) is 0. The van der Waals surface area contributed by atoms with Gasteiger partial charge in [0.1, 0.15) is 5.58 Å². The molecule has 0 aliphatic carbocycles. The van der Waals surface area contributed by atoms with Gasteiger partial charge in [-0.05, 0) is 147 Å². The van der Waals surface area contributed by atoms with Crippen LogP contribution in [-0.2, 0) is 0 Å². The molecule has 1 heterocycles. The van der Waals surface area contributed by atoms with Gasteiger partial charge < -0.3 is 9.32 Å². The summed E-state index contributed by atoms with van der Waals surface area (Å²) in [6.07, 6.45) is 0. The third kappa shape index (κ3) is 6.72. The molecule has 0 N–H and O–H groups in total. The fraction of sp³-hybridized carbons (Fsp3) is 0. The molecule has 14 rings (SSSR count). The minimum atomic E-state index is 0.851. The van der Waals surface area contributed by atoms with Crippen molar-refractivity contribution in [1.29, 1.82) is 0 Å². The first-order valence-corrected chi connectivity index (χ1v) is 24.0. The van der Waals surface area contributed by atoms with E-state index in [0.717, 1.165) is 66.5 Å². The summed E-state index contributed by atoms with van der Waals surface area (Å²) in [5, 5.41) is 14.3. The highest BCUT2D eigenvalue weighted by molar-refractivity contribution is 6.24. The van der Waals surface area contributed by atoms with E-state index in [9.17, 15) is 0 Å². The maximum absolute atomic E-state index is 7.25. The average molecular weight is 890 g/mol. The largest absolute Gasteiger partial charge is 0.453 e. The Hall–Kier alpha value is -9.24. The van der Waals surface area contributed by atoms with Crippen LogP contribution in [0.15, 0.2) is 265 Å². The molecule has 2 heteroatoms. The first-order chi connectivity index (χ1) is 34.7. The van der Waals surface area contributed by atoms with Gasteiger partial charge in [0.25, 0.3) is 0 Å². The van der Waals surface area contributed by atoms with Crippen LogP contribution in [0.2, 0.25) is 0 Å². The quantitative estimate of drug-likeness (QED) is 0.159. The highest BCUT2D eigenvalue weighted by atomic mass is 16.3. The lowest BCUT2D eigenvalue weighted by atomic mass is 9.95. The van der Waals surface area contributed by atoms with Gasteiger partial charge in [-0.3, -0.25) is 0 Å². The van der Waals surface area contributed by atoms with Gasteiger partial charge >= 0.3 is 0 Å². The number of anilines is 3. The molecule has 1 aromatic heterocycles. The van der Waals surface area contributed by atoms with Crippen molar-refractivity contribution in [3.8, 4) is 44.5 Å². The number of hydrogen-bond donors (Lipinski definition) is 0. The lowest BCUT2D eigenvalue weighted by molar-refractivity contribution is 0.670. The Kier molecular flexibility index (Phi) is 9.25. The summed E-state index contributed by atoms with van der Waals surface area (Å²) in [6, 6.07) is 95.0. The molecule has 0 atom stereocenters. The number of para-hydroxylation sites is 1. The molecule has 14 aromatic rings. The molecular formula is C68H43NO. The number of rotatable bonds is 7. The van der Waals surface area contributed by atoms with Gasteiger partial charge in [0.05, 0.1) is 5.69 Å². The Labute approximate surface area is 405 Å². The smallest absolute Gasteiger partial charge is 0.160 e. The molecular weight excluding hydrogens is 847 g/mol. The van der Waals surface area contributed by atoms with Crippen LogP contribution >= 0.6 is 0 Å². The molecule has 70 heavy (non-hydrogen) atoms. The summed E-state index contributed by atoms with van der Waals surface area (Å²) in [5.41, 5.74) is 14.2. The number of furan rings is 1. The van der Waals surface area contributed by atoms with E-state index >= 15 is 0 Å². The van der Waals surface area contributed by atoms with E-state index in [4.69, 9.17) is 4.42 Å². The standard InChI is InChI=1S/C68H43NO/c1-2-14-47(15-3-1)63-22-11-23-64-66-62-20-9-8-18-56(62)43-65(68(66)70-67(63)64)69(59-36-37-61-55(42-59)19-10-21-60(61)57-31-25-45-13-5-7-17-49(45)41-57)58-34-32-46(33-35-58)50-27-28-53-40-54(30-29-52(53)39-50)51-26-24-44-12-4-6-16-48(44)38-51/h1-43H. The zero-order valence-corrected chi connectivity index (χ0v) is 38.2. The molecule has 0 saturated heterocycles. The topological polar surface area (TPSA) is 16.4 Å². The number of hydrogen-bond acceptors (Lipinski definition) is 2. The van der Waals surface area contributed by atoms with Gasteiger partial charge in [0, 0.05) is 27.7 Å². The second kappa shape index (κ2) is 16.2. The molecule has 0 bridgehead atoms. The molecule has 13 aromatic carbocycles. The van der Waals surface area contributed by atoms with Crippen LogP contribution in [-0.4, -0.2) is 0 Å². The summed E-state index contributed by atoms with van der Waals surface area (Å²) >= 11 is 0. The summed E-state index contributed by atoms with van der Waals surface area (Å²) in [7, 11) is 0. The number of nitrogens with zero attached hydrogens (tertiary/aromatic N) is 1. The van der Waals surface area contributed by atoms with Crippen molar-refractivity contribution in [3.63, 3.8) is 0 Å². The average Bonchev–Trinajstić information content (AvgIpc) is 3.83. The Balaban J connectivity index is 0.921. The monoisotopic (exact) mass is 889 g/mol. The lowest BCUT2D eigenvalue weighted by Gasteiger charge is -2.27. The van der Waals surface area contributed by atoms with Crippen molar-refractivity contribution in [2.24, 2.45) is 0 Å². The molecule has 0 aliphatic heterocycles. The van der Waals surface area contributed by atoms with Gasteiger partial charge in [-0.1, -0.05) is 206 Å². The Morgan fingerprint density at radius 2 is 0.729 bits per heavy atom. The van der Waals surface area contributed by atoms with E-state index in [1.807, 2.05) is 0 Å². The predicted octanol–water partition coefficient (Wildman–Crippen LogP) is 19.5. The normalized spacial score (nSPS) is 11.7. The fourth-order valence-corrected chi connectivity index (χ4v) is 10.9. The van der Waals surface area contributed by atoms with Crippen molar-refractivity contribution in [3.05, 3.63) is 261 Å². The molecule has 2 nitrogen and oxygen atoms in total. The van der Waals surface area contributed by atoms with E-state index in [1.54, 1.807) is 0 Å².